The number of imidazole rings is 1. The number of nitrogens with zero attached hydrogens (tertiary/aromatic N) is 1. The van der Waals surface area contributed by atoms with Gasteiger partial charge in [0.15, 0.2) is 6.10 Å². The summed E-state index contributed by atoms with van der Waals surface area (Å²) < 4.78 is 19.6. The molecule has 1 atom stereocenters. The average Bonchev–Trinajstić information content (AvgIpc) is 3.33. The van der Waals surface area contributed by atoms with E-state index < -0.39 is 6.10 Å². The predicted octanol–water partition coefficient (Wildman–Crippen LogP) is 4.24. The highest BCUT2D eigenvalue weighted by Crippen LogP contribution is 2.29. The first-order valence-electron chi connectivity index (χ1n) is 9.43. The average molecular weight is 387 g/mol. The van der Waals surface area contributed by atoms with Crippen molar-refractivity contribution in [2.24, 2.45) is 0 Å². The van der Waals surface area contributed by atoms with Crippen molar-refractivity contribution in [3.8, 4) is 5.75 Å². The topological polar surface area (TPSA) is 67.0 Å². The van der Waals surface area contributed by atoms with E-state index in [9.17, 15) is 9.18 Å². The van der Waals surface area contributed by atoms with Crippen molar-refractivity contribution >= 4 is 22.6 Å². The van der Waals surface area contributed by atoms with Gasteiger partial charge in [0.25, 0.3) is 5.91 Å². The van der Waals surface area contributed by atoms with Gasteiger partial charge >= 0.3 is 0 Å². The molecule has 29 heavy (non-hydrogen) atoms. The maximum Gasteiger partial charge on any atom is 0.265 e. The predicted molar refractivity (Wildman–Crippen MR) is 108 cm³/mol. The number of anilines is 1. The quantitative estimate of drug-likeness (QED) is 0.551. The number of H-pyrrole nitrogens is 1. The first kappa shape index (κ1) is 17.4. The molecule has 144 valence electrons. The number of nitrogens with one attached hydrogen (secondary N) is 2. The van der Waals surface area contributed by atoms with Crippen LogP contribution in [0.2, 0.25) is 0 Å². The van der Waals surface area contributed by atoms with Gasteiger partial charge in [0.05, 0.1) is 11.0 Å². The van der Waals surface area contributed by atoms with Crippen molar-refractivity contribution in [3.63, 3.8) is 0 Å². The van der Waals surface area contributed by atoms with E-state index >= 15 is 0 Å². The van der Waals surface area contributed by atoms with E-state index in [4.69, 9.17) is 4.74 Å². The Hall–Kier alpha value is -3.67. The van der Waals surface area contributed by atoms with Gasteiger partial charge in [-0.3, -0.25) is 4.79 Å². The molecule has 0 bridgehead atoms. The van der Waals surface area contributed by atoms with Crippen molar-refractivity contribution in [2.75, 3.05) is 5.32 Å². The van der Waals surface area contributed by atoms with Crippen LogP contribution in [0, 0.1) is 5.82 Å². The van der Waals surface area contributed by atoms with Gasteiger partial charge in [0.2, 0.25) is 0 Å². The lowest BCUT2D eigenvalue weighted by atomic mass is 10.1. The molecule has 0 radical (unpaired) electrons. The maximum absolute atomic E-state index is 13.9. The third-order valence-corrected chi connectivity index (χ3v) is 5.05. The summed E-state index contributed by atoms with van der Waals surface area (Å²) in [7, 11) is 0. The van der Waals surface area contributed by atoms with Gasteiger partial charge in [-0.2, -0.15) is 0 Å². The van der Waals surface area contributed by atoms with Gasteiger partial charge in [-0.25, -0.2) is 9.37 Å². The standard InChI is InChI=1S/C23H18FN3O2/c24-17-7-3-1-5-14(17)12-22-26-18-10-9-16(13-19(18)27-22)25-23(28)21-11-15-6-2-4-8-20(15)29-21/h1-10,13,21H,11-12H2,(H,25,28)(H,26,27). The van der Waals surface area contributed by atoms with Crippen molar-refractivity contribution in [2.45, 2.75) is 18.9 Å². The first-order valence-corrected chi connectivity index (χ1v) is 9.43. The van der Waals surface area contributed by atoms with Crippen LogP contribution in [0.25, 0.3) is 11.0 Å². The number of para-hydroxylation sites is 1. The van der Waals surface area contributed by atoms with Crippen LogP contribution in [0.1, 0.15) is 17.0 Å². The molecule has 5 nitrogen and oxygen atoms in total. The summed E-state index contributed by atoms with van der Waals surface area (Å²) in [5.74, 6) is 0.989. The molecule has 0 aliphatic carbocycles. The summed E-state index contributed by atoms with van der Waals surface area (Å²) in [6.45, 7) is 0. The van der Waals surface area contributed by atoms with Crippen LogP contribution < -0.4 is 10.1 Å². The number of hydrogen-bond acceptors (Lipinski definition) is 3. The zero-order valence-corrected chi connectivity index (χ0v) is 15.5. The molecule has 0 spiro atoms. The Labute approximate surface area is 166 Å². The number of benzene rings is 3. The van der Waals surface area contributed by atoms with E-state index in [0.717, 1.165) is 22.3 Å². The van der Waals surface area contributed by atoms with E-state index in [1.54, 1.807) is 24.3 Å². The lowest BCUT2D eigenvalue weighted by Gasteiger charge is -2.11. The molecule has 1 aliphatic rings. The third-order valence-electron chi connectivity index (χ3n) is 5.05. The van der Waals surface area contributed by atoms with Crippen LogP contribution in [-0.4, -0.2) is 22.0 Å². The highest BCUT2D eigenvalue weighted by Gasteiger charge is 2.28. The molecule has 0 saturated heterocycles. The van der Waals surface area contributed by atoms with Gasteiger partial charge < -0.3 is 15.0 Å². The number of carbonyl (C=O) groups excluding carboxylic acids is 1. The van der Waals surface area contributed by atoms with Crippen LogP contribution in [0.4, 0.5) is 10.1 Å². The summed E-state index contributed by atoms with van der Waals surface area (Å²) in [6, 6.07) is 19.8. The zero-order valence-electron chi connectivity index (χ0n) is 15.5. The van der Waals surface area contributed by atoms with Crippen LogP contribution in [0.15, 0.2) is 66.7 Å². The van der Waals surface area contributed by atoms with Crippen LogP contribution in [0.3, 0.4) is 0 Å². The molecule has 2 heterocycles. The highest BCUT2D eigenvalue weighted by molar-refractivity contribution is 5.96. The van der Waals surface area contributed by atoms with Crippen molar-refractivity contribution < 1.29 is 13.9 Å². The Morgan fingerprint density at radius 2 is 1.97 bits per heavy atom. The zero-order chi connectivity index (χ0) is 19.8. The Balaban J connectivity index is 1.31. The number of halogens is 1. The molecule has 2 N–H and O–H groups in total. The fourth-order valence-electron chi connectivity index (χ4n) is 3.60. The van der Waals surface area contributed by atoms with E-state index in [-0.39, 0.29) is 11.7 Å². The minimum Gasteiger partial charge on any atom is -0.480 e. The van der Waals surface area contributed by atoms with Gasteiger partial charge in [0.1, 0.15) is 17.4 Å². The van der Waals surface area contributed by atoms with Gasteiger partial charge in [-0.15, -0.1) is 0 Å². The Morgan fingerprint density at radius 1 is 1.14 bits per heavy atom. The molecule has 0 fully saturated rings. The second-order valence-electron chi connectivity index (χ2n) is 7.09. The molecule has 1 unspecified atom stereocenters. The summed E-state index contributed by atoms with van der Waals surface area (Å²) in [5.41, 5.74) is 3.82. The minimum atomic E-state index is -0.540. The number of fused-ring (bicyclic) bond motifs is 2. The second kappa shape index (κ2) is 7.05. The van der Waals surface area contributed by atoms with Crippen molar-refractivity contribution in [3.05, 3.63) is 89.5 Å². The summed E-state index contributed by atoms with van der Waals surface area (Å²) >= 11 is 0. The molecular weight excluding hydrogens is 369 g/mol. The van der Waals surface area contributed by atoms with E-state index in [1.807, 2.05) is 36.4 Å². The number of rotatable bonds is 4. The lowest BCUT2D eigenvalue weighted by molar-refractivity contribution is -0.122. The molecule has 5 rings (SSSR count). The van der Waals surface area contributed by atoms with Crippen LogP contribution in [0.5, 0.6) is 5.75 Å². The molecule has 1 amide bonds. The first-order chi connectivity index (χ1) is 14.2. The van der Waals surface area contributed by atoms with Gasteiger partial charge in [-0.05, 0) is 41.5 Å². The normalized spacial score (nSPS) is 15.1. The summed E-state index contributed by atoms with van der Waals surface area (Å²) in [5, 5.41) is 2.91. The third kappa shape index (κ3) is 3.45. The lowest BCUT2D eigenvalue weighted by Crippen LogP contribution is -2.31. The number of amides is 1. The summed E-state index contributed by atoms with van der Waals surface area (Å²) in [4.78, 5) is 20.3. The largest absolute Gasteiger partial charge is 0.480 e. The smallest absolute Gasteiger partial charge is 0.265 e. The molecule has 1 aromatic heterocycles. The Morgan fingerprint density at radius 3 is 2.83 bits per heavy atom. The molecule has 6 heteroatoms. The number of aromatic amines is 1. The fourth-order valence-corrected chi connectivity index (χ4v) is 3.60. The molecule has 3 aromatic carbocycles. The molecule has 1 aliphatic heterocycles. The molecule has 0 saturated carbocycles. The van der Waals surface area contributed by atoms with E-state index in [0.29, 0.717) is 29.9 Å². The van der Waals surface area contributed by atoms with Crippen molar-refractivity contribution in [1.29, 1.82) is 0 Å². The molecular formula is C23H18FN3O2. The monoisotopic (exact) mass is 387 g/mol. The fraction of sp³-hybridized carbons (Fsp3) is 0.130. The SMILES string of the molecule is O=C(Nc1ccc2nc(Cc3ccccc3F)[nH]c2c1)C1Cc2ccccc2O1. The highest BCUT2D eigenvalue weighted by atomic mass is 19.1. The summed E-state index contributed by atoms with van der Waals surface area (Å²) in [6.07, 6.45) is 0.389. The Kier molecular flexibility index (Phi) is 4.24. The van der Waals surface area contributed by atoms with Crippen molar-refractivity contribution in [1.82, 2.24) is 9.97 Å². The van der Waals surface area contributed by atoms with Gasteiger partial charge in [0, 0.05) is 18.5 Å². The number of hydrogen-bond donors (Lipinski definition) is 2. The van der Waals surface area contributed by atoms with E-state index in [1.165, 1.54) is 6.07 Å². The second-order valence-corrected chi connectivity index (χ2v) is 7.09. The minimum absolute atomic E-state index is 0.188. The maximum atomic E-state index is 13.9. The number of carbonyl (C=O) groups is 1. The number of ether oxygens (including phenoxy) is 1. The van der Waals surface area contributed by atoms with Gasteiger partial charge in [-0.1, -0.05) is 36.4 Å². The Bertz CT molecular complexity index is 1190. The van der Waals surface area contributed by atoms with Crippen LogP contribution in [-0.2, 0) is 17.6 Å². The number of aromatic nitrogens is 2. The molecule has 4 aromatic rings. The van der Waals surface area contributed by atoms with Crippen LogP contribution >= 0.6 is 0 Å². The van der Waals surface area contributed by atoms with E-state index in [2.05, 4.69) is 15.3 Å².